The van der Waals surface area contributed by atoms with E-state index in [2.05, 4.69) is 18.8 Å². The molecular formula is C29H48N2O2S. The summed E-state index contributed by atoms with van der Waals surface area (Å²) < 4.78 is 29.2. The Hall–Kier alpha value is -1.46. The summed E-state index contributed by atoms with van der Waals surface area (Å²) in [6.45, 7) is 5.70. The third kappa shape index (κ3) is 10.0. The van der Waals surface area contributed by atoms with E-state index in [1.807, 2.05) is 24.3 Å². The van der Waals surface area contributed by atoms with E-state index in [0.29, 0.717) is 23.5 Å². The second kappa shape index (κ2) is 17.0. The molecule has 0 radical (unpaired) electrons. The Morgan fingerprint density at radius 1 is 0.647 bits per heavy atom. The van der Waals surface area contributed by atoms with Crippen molar-refractivity contribution in [3.63, 3.8) is 0 Å². The van der Waals surface area contributed by atoms with Crippen molar-refractivity contribution in [1.82, 2.24) is 9.29 Å². The Kier molecular flexibility index (Phi) is 14.4. The molecule has 0 bridgehead atoms. The highest BCUT2D eigenvalue weighted by molar-refractivity contribution is 7.89. The third-order valence-corrected chi connectivity index (χ3v) is 8.67. The molecule has 0 fully saturated rings. The number of para-hydroxylation sites is 1. The second-order valence-electron chi connectivity index (χ2n) is 9.69. The van der Waals surface area contributed by atoms with E-state index in [1.165, 1.54) is 77.0 Å². The highest BCUT2D eigenvalue weighted by Gasteiger charge is 2.26. The Balaban J connectivity index is 1.95. The molecule has 0 saturated heterocycles. The van der Waals surface area contributed by atoms with Crippen LogP contribution in [0, 0.1) is 0 Å². The quantitative estimate of drug-likeness (QED) is 0.175. The topological polar surface area (TPSA) is 50.3 Å². The molecule has 0 spiro atoms. The van der Waals surface area contributed by atoms with Gasteiger partial charge in [0.1, 0.15) is 4.90 Å². The van der Waals surface area contributed by atoms with Crippen LogP contribution in [0.3, 0.4) is 0 Å². The van der Waals surface area contributed by atoms with E-state index in [9.17, 15) is 8.42 Å². The van der Waals surface area contributed by atoms with Gasteiger partial charge in [0.25, 0.3) is 0 Å². The number of rotatable bonds is 20. The van der Waals surface area contributed by atoms with Crippen molar-refractivity contribution in [2.75, 3.05) is 13.1 Å². The molecule has 0 aliphatic rings. The van der Waals surface area contributed by atoms with Gasteiger partial charge in [-0.2, -0.15) is 4.31 Å². The predicted molar refractivity (Wildman–Crippen MR) is 146 cm³/mol. The summed E-state index contributed by atoms with van der Waals surface area (Å²) in [7, 11) is -3.57. The first-order valence-corrected chi connectivity index (χ1v) is 15.4. The molecule has 0 atom stereocenters. The molecule has 1 aromatic carbocycles. The van der Waals surface area contributed by atoms with E-state index in [4.69, 9.17) is 0 Å². The molecule has 34 heavy (non-hydrogen) atoms. The lowest BCUT2D eigenvalue weighted by atomic mass is 10.1. The molecule has 1 heterocycles. The minimum absolute atomic E-state index is 0.352. The highest BCUT2D eigenvalue weighted by atomic mass is 32.2. The molecule has 0 aliphatic heterocycles. The number of unbranched alkanes of at least 4 members (excludes halogenated alkanes) is 14. The molecule has 4 nitrogen and oxygen atoms in total. The Labute approximate surface area is 209 Å². The lowest BCUT2D eigenvalue weighted by molar-refractivity contribution is 0.383. The van der Waals surface area contributed by atoms with Crippen molar-refractivity contribution in [2.24, 2.45) is 0 Å². The molecule has 5 heteroatoms. The van der Waals surface area contributed by atoms with Gasteiger partial charge in [-0.1, -0.05) is 122 Å². The van der Waals surface area contributed by atoms with Gasteiger partial charge in [-0.25, -0.2) is 8.42 Å². The van der Waals surface area contributed by atoms with Crippen LogP contribution in [-0.2, 0) is 10.0 Å². The zero-order valence-electron chi connectivity index (χ0n) is 21.8. The van der Waals surface area contributed by atoms with Gasteiger partial charge in [-0.3, -0.25) is 4.98 Å². The average molecular weight is 489 g/mol. The first-order valence-electron chi connectivity index (χ1n) is 13.9. The largest absolute Gasteiger partial charge is 0.255 e. The van der Waals surface area contributed by atoms with Gasteiger partial charge in [0.15, 0.2) is 0 Å². The Morgan fingerprint density at radius 2 is 1.12 bits per heavy atom. The van der Waals surface area contributed by atoms with Crippen LogP contribution in [0.4, 0.5) is 0 Å². The fourth-order valence-electron chi connectivity index (χ4n) is 4.62. The molecule has 0 N–H and O–H groups in total. The standard InChI is InChI=1S/C29H48N2O2S/c1-3-5-7-9-11-13-15-17-25-31(26-18-16-14-12-10-8-6-4-2)34(32,33)28-23-19-21-27-22-20-24-30-29(27)28/h19-24H,3-18,25-26H2,1-2H3. The van der Waals surface area contributed by atoms with Crippen molar-refractivity contribution >= 4 is 20.9 Å². The predicted octanol–water partition coefficient (Wildman–Crippen LogP) is 8.51. The highest BCUT2D eigenvalue weighted by Crippen LogP contribution is 2.25. The van der Waals surface area contributed by atoms with E-state index >= 15 is 0 Å². The zero-order chi connectivity index (χ0) is 24.5. The fourth-order valence-corrected chi connectivity index (χ4v) is 6.30. The van der Waals surface area contributed by atoms with E-state index in [0.717, 1.165) is 31.1 Å². The number of fused-ring (bicyclic) bond motifs is 1. The van der Waals surface area contributed by atoms with E-state index < -0.39 is 10.0 Å². The Morgan fingerprint density at radius 3 is 1.65 bits per heavy atom. The molecule has 2 rings (SSSR count). The van der Waals surface area contributed by atoms with Crippen molar-refractivity contribution in [3.8, 4) is 0 Å². The normalized spacial score (nSPS) is 12.1. The smallest absolute Gasteiger partial charge is 0.245 e. The van der Waals surface area contributed by atoms with Gasteiger partial charge in [0.2, 0.25) is 10.0 Å². The van der Waals surface area contributed by atoms with Gasteiger partial charge in [-0.15, -0.1) is 0 Å². The number of sulfonamides is 1. The van der Waals surface area contributed by atoms with Gasteiger partial charge < -0.3 is 0 Å². The van der Waals surface area contributed by atoms with Crippen LogP contribution in [0.1, 0.15) is 117 Å². The summed E-state index contributed by atoms with van der Waals surface area (Å²) in [6, 6.07) is 9.28. The van der Waals surface area contributed by atoms with Crippen molar-refractivity contribution in [1.29, 1.82) is 0 Å². The third-order valence-electron chi connectivity index (χ3n) is 6.74. The maximum absolute atomic E-state index is 13.7. The average Bonchev–Trinajstić information content (AvgIpc) is 2.85. The first kappa shape index (κ1) is 28.8. The van der Waals surface area contributed by atoms with Crippen molar-refractivity contribution < 1.29 is 8.42 Å². The number of hydrogen-bond donors (Lipinski definition) is 0. The van der Waals surface area contributed by atoms with E-state index in [-0.39, 0.29) is 0 Å². The number of aromatic nitrogens is 1. The number of hydrogen-bond acceptors (Lipinski definition) is 3. The molecular weight excluding hydrogens is 440 g/mol. The molecule has 192 valence electrons. The van der Waals surface area contributed by atoms with Gasteiger partial charge in [0, 0.05) is 24.7 Å². The molecule has 0 unspecified atom stereocenters. The molecule has 2 aromatic rings. The van der Waals surface area contributed by atoms with Crippen LogP contribution in [0.5, 0.6) is 0 Å². The van der Waals surface area contributed by atoms with Crippen molar-refractivity contribution in [3.05, 3.63) is 36.5 Å². The monoisotopic (exact) mass is 488 g/mol. The Bertz CT molecular complexity index is 873. The molecule has 0 aliphatic carbocycles. The van der Waals surface area contributed by atoms with E-state index in [1.54, 1.807) is 16.6 Å². The van der Waals surface area contributed by atoms with Gasteiger partial charge in [-0.05, 0) is 25.0 Å². The maximum atomic E-state index is 13.7. The minimum atomic E-state index is -3.57. The first-order chi connectivity index (χ1) is 16.6. The lowest BCUT2D eigenvalue weighted by Gasteiger charge is -2.23. The minimum Gasteiger partial charge on any atom is -0.255 e. The second-order valence-corrected chi connectivity index (χ2v) is 11.6. The van der Waals surface area contributed by atoms with Crippen LogP contribution in [0.2, 0.25) is 0 Å². The summed E-state index contributed by atoms with van der Waals surface area (Å²) in [5, 5.41) is 0.877. The number of benzene rings is 1. The van der Waals surface area contributed by atoms with Crippen LogP contribution < -0.4 is 0 Å². The summed E-state index contributed by atoms with van der Waals surface area (Å²) >= 11 is 0. The van der Waals surface area contributed by atoms with Crippen LogP contribution >= 0.6 is 0 Å². The van der Waals surface area contributed by atoms with Gasteiger partial charge >= 0.3 is 0 Å². The maximum Gasteiger partial charge on any atom is 0.245 e. The van der Waals surface area contributed by atoms with Gasteiger partial charge in [0.05, 0.1) is 5.52 Å². The van der Waals surface area contributed by atoms with Crippen molar-refractivity contribution in [2.45, 2.75) is 121 Å². The summed E-state index contributed by atoms with van der Waals surface area (Å²) in [6.07, 6.45) is 21.1. The lowest BCUT2D eigenvalue weighted by Crippen LogP contribution is -2.33. The van der Waals surface area contributed by atoms with Crippen LogP contribution in [-0.4, -0.2) is 30.8 Å². The fraction of sp³-hybridized carbons (Fsp3) is 0.690. The van der Waals surface area contributed by atoms with Crippen LogP contribution in [0.25, 0.3) is 10.9 Å². The van der Waals surface area contributed by atoms with Crippen LogP contribution in [0.15, 0.2) is 41.4 Å². The molecule has 0 saturated carbocycles. The zero-order valence-corrected chi connectivity index (χ0v) is 22.6. The number of pyridine rings is 1. The SMILES string of the molecule is CCCCCCCCCCN(CCCCCCCCCC)S(=O)(=O)c1cccc2cccnc12. The summed E-state index contributed by atoms with van der Waals surface area (Å²) in [4.78, 5) is 4.77. The number of nitrogens with zero attached hydrogens (tertiary/aromatic N) is 2. The summed E-state index contributed by atoms with van der Waals surface area (Å²) in [5.41, 5.74) is 0.585. The summed E-state index contributed by atoms with van der Waals surface area (Å²) in [5.74, 6) is 0. The molecule has 1 aromatic heterocycles. The molecule has 0 amide bonds.